The third-order valence-corrected chi connectivity index (χ3v) is 5.26. The fourth-order valence-electron chi connectivity index (χ4n) is 3.72. The molecule has 4 rings (SSSR count). The zero-order valence-corrected chi connectivity index (χ0v) is 14.3. The number of amides is 1. The van der Waals surface area contributed by atoms with E-state index < -0.39 is 0 Å². The number of aromatic nitrogens is 1. The van der Waals surface area contributed by atoms with Crippen molar-refractivity contribution in [2.45, 2.75) is 44.8 Å². The zero-order chi connectivity index (χ0) is 16.7. The molecule has 126 valence electrons. The fraction of sp³-hybridized carbons (Fsp3) is 0.444. The molecule has 2 aromatic rings. The molecule has 1 aromatic carbocycles. The lowest BCUT2D eigenvalue weighted by molar-refractivity contribution is -0.121. The standard InChI is InChI=1S/C18H20ClN3O2/c1-11-16(21-18(24-11)12-3-2-4-13(19)7-12)10-22-14-5-6-15(22)9-20-17(23)8-14/h2-4,7,14-15H,5-6,8-10H2,1H3,(H,20,23)/t14-,15+/m0/s1. The number of aryl methyl sites for hydroxylation is 1. The summed E-state index contributed by atoms with van der Waals surface area (Å²) in [4.78, 5) is 18.9. The number of hydrogen-bond donors (Lipinski definition) is 1. The Kier molecular flexibility index (Phi) is 4.06. The number of nitrogens with one attached hydrogen (secondary N) is 1. The molecule has 2 aliphatic rings. The number of halogens is 1. The number of benzene rings is 1. The van der Waals surface area contributed by atoms with Gasteiger partial charge in [-0.15, -0.1) is 0 Å². The van der Waals surface area contributed by atoms with Gasteiger partial charge in [0.25, 0.3) is 0 Å². The van der Waals surface area contributed by atoms with E-state index in [-0.39, 0.29) is 5.91 Å². The highest BCUT2D eigenvalue weighted by atomic mass is 35.5. The van der Waals surface area contributed by atoms with E-state index in [9.17, 15) is 4.79 Å². The molecule has 5 nitrogen and oxygen atoms in total. The van der Waals surface area contributed by atoms with Crippen LogP contribution in [0.5, 0.6) is 0 Å². The topological polar surface area (TPSA) is 58.4 Å². The van der Waals surface area contributed by atoms with Crippen LogP contribution in [-0.2, 0) is 11.3 Å². The highest BCUT2D eigenvalue weighted by Crippen LogP contribution is 2.31. The highest BCUT2D eigenvalue weighted by molar-refractivity contribution is 6.30. The Morgan fingerprint density at radius 1 is 1.38 bits per heavy atom. The summed E-state index contributed by atoms with van der Waals surface area (Å²) in [6.45, 7) is 3.40. The molecule has 0 radical (unpaired) electrons. The van der Waals surface area contributed by atoms with Gasteiger partial charge < -0.3 is 9.73 Å². The zero-order valence-electron chi connectivity index (χ0n) is 13.6. The van der Waals surface area contributed by atoms with Crippen LogP contribution in [0.4, 0.5) is 0 Å². The van der Waals surface area contributed by atoms with Gasteiger partial charge >= 0.3 is 0 Å². The van der Waals surface area contributed by atoms with E-state index in [1.165, 1.54) is 0 Å². The lowest BCUT2D eigenvalue weighted by Gasteiger charge is -2.26. The SMILES string of the molecule is Cc1oc(-c2cccc(Cl)c2)nc1CN1[C@@H]2CC[C@H]1CC(=O)NC2. The summed E-state index contributed by atoms with van der Waals surface area (Å²) >= 11 is 6.06. The molecule has 0 unspecified atom stereocenters. The summed E-state index contributed by atoms with van der Waals surface area (Å²) in [5.74, 6) is 1.58. The molecule has 2 bridgehead atoms. The Hall–Kier alpha value is -1.85. The van der Waals surface area contributed by atoms with Gasteiger partial charge in [0.2, 0.25) is 11.8 Å². The molecule has 2 saturated heterocycles. The third kappa shape index (κ3) is 2.94. The van der Waals surface area contributed by atoms with Crippen LogP contribution in [0.3, 0.4) is 0 Å². The second-order valence-corrected chi connectivity index (χ2v) is 7.03. The van der Waals surface area contributed by atoms with E-state index in [1.54, 1.807) is 0 Å². The maximum atomic E-state index is 11.8. The summed E-state index contributed by atoms with van der Waals surface area (Å²) in [5.41, 5.74) is 1.82. The van der Waals surface area contributed by atoms with Crippen LogP contribution < -0.4 is 5.32 Å². The van der Waals surface area contributed by atoms with Crippen LogP contribution in [-0.4, -0.2) is 34.4 Å². The van der Waals surface area contributed by atoms with Crippen molar-refractivity contribution in [1.82, 2.24) is 15.2 Å². The lowest BCUT2D eigenvalue weighted by Crippen LogP contribution is -2.37. The number of fused-ring (bicyclic) bond motifs is 2. The molecule has 1 aromatic heterocycles. The van der Waals surface area contributed by atoms with Crippen molar-refractivity contribution in [3.05, 3.63) is 40.7 Å². The van der Waals surface area contributed by atoms with Gasteiger partial charge in [-0.25, -0.2) is 4.98 Å². The average Bonchev–Trinajstić information content (AvgIpc) is 3.05. The molecule has 0 spiro atoms. The third-order valence-electron chi connectivity index (χ3n) is 5.02. The van der Waals surface area contributed by atoms with Gasteiger partial charge in [0.1, 0.15) is 5.76 Å². The molecular weight excluding hydrogens is 326 g/mol. The minimum Gasteiger partial charge on any atom is -0.441 e. The molecule has 24 heavy (non-hydrogen) atoms. The minimum atomic E-state index is 0.156. The van der Waals surface area contributed by atoms with Crippen LogP contribution in [0.15, 0.2) is 28.7 Å². The summed E-state index contributed by atoms with van der Waals surface area (Å²) in [6, 6.07) is 8.23. The number of rotatable bonds is 3. The maximum absolute atomic E-state index is 11.8. The highest BCUT2D eigenvalue weighted by Gasteiger charge is 2.37. The van der Waals surface area contributed by atoms with Crippen molar-refractivity contribution >= 4 is 17.5 Å². The van der Waals surface area contributed by atoms with Crippen molar-refractivity contribution in [3.8, 4) is 11.5 Å². The van der Waals surface area contributed by atoms with Gasteiger partial charge in [0.05, 0.1) is 5.69 Å². The van der Waals surface area contributed by atoms with E-state index in [1.807, 2.05) is 31.2 Å². The van der Waals surface area contributed by atoms with Gasteiger partial charge in [-0.3, -0.25) is 9.69 Å². The summed E-state index contributed by atoms with van der Waals surface area (Å²) in [5, 5.41) is 3.67. The second-order valence-electron chi connectivity index (χ2n) is 6.60. The van der Waals surface area contributed by atoms with Crippen LogP contribution in [0.1, 0.15) is 30.7 Å². The minimum absolute atomic E-state index is 0.156. The maximum Gasteiger partial charge on any atom is 0.226 e. The molecule has 3 heterocycles. The lowest BCUT2D eigenvalue weighted by atomic mass is 10.1. The molecule has 0 saturated carbocycles. The molecule has 2 fully saturated rings. The Balaban J connectivity index is 1.58. The van der Waals surface area contributed by atoms with Crippen LogP contribution in [0, 0.1) is 6.92 Å². The van der Waals surface area contributed by atoms with Crippen molar-refractivity contribution < 1.29 is 9.21 Å². The summed E-state index contributed by atoms with van der Waals surface area (Å²) in [7, 11) is 0. The summed E-state index contributed by atoms with van der Waals surface area (Å²) in [6.07, 6.45) is 2.79. The van der Waals surface area contributed by atoms with Crippen LogP contribution in [0.25, 0.3) is 11.5 Å². The van der Waals surface area contributed by atoms with E-state index >= 15 is 0 Å². The first-order chi connectivity index (χ1) is 11.6. The van der Waals surface area contributed by atoms with Crippen LogP contribution in [0.2, 0.25) is 5.02 Å². The van der Waals surface area contributed by atoms with Gasteiger partial charge in [-0.2, -0.15) is 0 Å². The molecular formula is C18H20ClN3O2. The van der Waals surface area contributed by atoms with E-state index in [2.05, 4.69) is 15.2 Å². The predicted molar refractivity (Wildman–Crippen MR) is 91.7 cm³/mol. The molecule has 6 heteroatoms. The number of nitrogens with zero attached hydrogens (tertiary/aromatic N) is 2. The van der Waals surface area contributed by atoms with E-state index in [0.717, 1.165) is 42.9 Å². The molecule has 1 amide bonds. The fourth-order valence-corrected chi connectivity index (χ4v) is 3.91. The number of hydrogen-bond acceptors (Lipinski definition) is 4. The monoisotopic (exact) mass is 345 g/mol. The van der Waals surface area contributed by atoms with Crippen molar-refractivity contribution in [2.24, 2.45) is 0 Å². The molecule has 2 atom stereocenters. The van der Waals surface area contributed by atoms with E-state index in [4.69, 9.17) is 16.0 Å². The van der Waals surface area contributed by atoms with Crippen LogP contribution >= 0.6 is 11.6 Å². The smallest absolute Gasteiger partial charge is 0.226 e. The Labute approximate surface area is 146 Å². The molecule has 0 aliphatic carbocycles. The second kappa shape index (κ2) is 6.22. The number of carbonyl (C=O) groups excluding carboxylic acids is 1. The quantitative estimate of drug-likeness (QED) is 0.928. The van der Waals surface area contributed by atoms with Gasteiger partial charge in [-0.1, -0.05) is 17.7 Å². The van der Waals surface area contributed by atoms with Gasteiger partial charge in [0, 0.05) is 42.2 Å². The Bertz CT molecular complexity index is 773. The normalized spacial score (nSPS) is 24.0. The number of carbonyl (C=O) groups is 1. The first kappa shape index (κ1) is 15.7. The van der Waals surface area contributed by atoms with Gasteiger partial charge in [-0.05, 0) is 38.0 Å². The average molecular weight is 346 g/mol. The van der Waals surface area contributed by atoms with E-state index in [0.29, 0.717) is 29.4 Å². The van der Waals surface area contributed by atoms with Crippen molar-refractivity contribution in [2.75, 3.05) is 6.54 Å². The first-order valence-corrected chi connectivity index (χ1v) is 8.72. The predicted octanol–water partition coefficient (Wildman–Crippen LogP) is 3.16. The molecule has 1 N–H and O–H groups in total. The largest absolute Gasteiger partial charge is 0.441 e. The first-order valence-electron chi connectivity index (χ1n) is 8.35. The molecule has 2 aliphatic heterocycles. The Morgan fingerprint density at radius 3 is 3.04 bits per heavy atom. The number of oxazole rings is 1. The van der Waals surface area contributed by atoms with Crippen molar-refractivity contribution in [3.63, 3.8) is 0 Å². The Morgan fingerprint density at radius 2 is 2.21 bits per heavy atom. The van der Waals surface area contributed by atoms with Crippen molar-refractivity contribution in [1.29, 1.82) is 0 Å². The van der Waals surface area contributed by atoms with Gasteiger partial charge in [0.15, 0.2) is 0 Å². The summed E-state index contributed by atoms with van der Waals surface area (Å²) < 4.78 is 5.86.